The van der Waals surface area contributed by atoms with Crippen LogP contribution < -0.4 is 0 Å². The summed E-state index contributed by atoms with van der Waals surface area (Å²) in [5, 5.41) is 40.3. The molecule has 0 aromatic carbocycles. The van der Waals surface area contributed by atoms with Crippen molar-refractivity contribution in [1.29, 1.82) is 0 Å². The Balaban J connectivity index is 1.45. The zero-order valence-electron chi connectivity index (χ0n) is 20.2. The first-order chi connectivity index (χ1) is 14.7. The van der Waals surface area contributed by atoms with Gasteiger partial charge < -0.3 is 20.4 Å². The van der Waals surface area contributed by atoms with Crippen molar-refractivity contribution in [3.8, 4) is 0 Å². The molecule has 0 spiro atoms. The topological polar surface area (TPSA) is 80.9 Å². The van der Waals surface area contributed by atoms with E-state index in [0.29, 0.717) is 40.4 Å². The van der Waals surface area contributed by atoms with Gasteiger partial charge in [-0.05, 0) is 104 Å². The molecule has 31 heavy (non-hydrogen) atoms. The van der Waals surface area contributed by atoms with Crippen LogP contribution in [0.15, 0.2) is 0 Å². The highest BCUT2D eigenvalue weighted by Crippen LogP contribution is 2.68. The van der Waals surface area contributed by atoms with Gasteiger partial charge in [0.1, 0.15) is 0 Å². The lowest BCUT2D eigenvalue weighted by atomic mass is 9.43. The van der Waals surface area contributed by atoms with Gasteiger partial charge in [0, 0.05) is 19.1 Å². The fraction of sp³-hybridized carbons (Fsp3) is 1.00. The third kappa shape index (κ3) is 4.13. The average Bonchev–Trinajstić information content (AvgIpc) is 3.09. The van der Waals surface area contributed by atoms with Crippen LogP contribution in [0.3, 0.4) is 0 Å². The van der Waals surface area contributed by atoms with Crippen molar-refractivity contribution in [3.63, 3.8) is 0 Å². The summed E-state index contributed by atoms with van der Waals surface area (Å²) in [6.07, 6.45) is 11.8. The van der Waals surface area contributed by atoms with Gasteiger partial charge in [-0.1, -0.05) is 33.6 Å². The van der Waals surface area contributed by atoms with Crippen molar-refractivity contribution in [3.05, 3.63) is 0 Å². The molecule has 4 N–H and O–H groups in total. The number of hydrogen-bond donors (Lipinski definition) is 4. The van der Waals surface area contributed by atoms with Crippen molar-refractivity contribution < 1.29 is 20.4 Å². The molecule has 4 saturated carbocycles. The standard InChI is InChI=1S/C27H48O4/c1-17(5-4-6-18(15-28)16-29)21-7-8-22-25-23(10-12-27(21,22)3)26(2)11-9-20(30)13-19(26)14-24(25)31/h17-25,28-31H,4-16H2,1-3H3/t17-,19?,20?,21-,22+,23+,24?,25+,26+,27-/m1/s1. The van der Waals surface area contributed by atoms with Gasteiger partial charge in [-0.15, -0.1) is 0 Å². The van der Waals surface area contributed by atoms with Crippen molar-refractivity contribution in [2.24, 2.45) is 52.3 Å². The molecule has 4 fully saturated rings. The van der Waals surface area contributed by atoms with Crippen LogP contribution in [0, 0.1) is 52.3 Å². The zero-order valence-corrected chi connectivity index (χ0v) is 20.2. The number of fused-ring (bicyclic) bond motifs is 5. The van der Waals surface area contributed by atoms with Crippen LogP contribution >= 0.6 is 0 Å². The summed E-state index contributed by atoms with van der Waals surface area (Å²) in [7, 11) is 0. The minimum Gasteiger partial charge on any atom is -0.396 e. The quantitative estimate of drug-likeness (QED) is 0.477. The summed E-state index contributed by atoms with van der Waals surface area (Å²) < 4.78 is 0. The Morgan fingerprint density at radius 3 is 2.23 bits per heavy atom. The van der Waals surface area contributed by atoms with Gasteiger partial charge in [0.2, 0.25) is 0 Å². The highest BCUT2D eigenvalue weighted by atomic mass is 16.3. The molecule has 0 aromatic heterocycles. The lowest BCUT2D eigenvalue weighted by molar-refractivity contribution is -0.174. The molecule has 4 nitrogen and oxygen atoms in total. The molecule has 4 aliphatic rings. The summed E-state index contributed by atoms with van der Waals surface area (Å²) in [6.45, 7) is 7.63. The minimum absolute atomic E-state index is 0.0367. The van der Waals surface area contributed by atoms with E-state index in [9.17, 15) is 20.4 Å². The molecule has 3 unspecified atom stereocenters. The predicted molar refractivity (Wildman–Crippen MR) is 123 cm³/mol. The Kier molecular flexibility index (Phi) is 7.14. The van der Waals surface area contributed by atoms with E-state index in [1.165, 1.54) is 32.1 Å². The van der Waals surface area contributed by atoms with Crippen LogP contribution in [-0.4, -0.2) is 45.8 Å². The van der Waals surface area contributed by atoms with Crippen LogP contribution in [0.2, 0.25) is 0 Å². The highest BCUT2D eigenvalue weighted by molar-refractivity contribution is 5.11. The predicted octanol–water partition coefficient (Wildman–Crippen LogP) is 4.38. The molecule has 0 aromatic rings. The molecule has 0 amide bonds. The maximum Gasteiger partial charge on any atom is 0.0577 e. The van der Waals surface area contributed by atoms with E-state index in [1.807, 2.05) is 0 Å². The molecule has 0 saturated heterocycles. The van der Waals surface area contributed by atoms with E-state index in [4.69, 9.17) is 0 Å². The van der Waals surface area contributed by atoms with E-state index >= 15 is 0 Å². The first-order valence-corrected chi connectivity index (χ1v) is 13.3. The van der Waals surface area contributed by atoms with E-state index in [-0.39, 0.29) is 31.3 Å². The smallest absolute Gasteiger partial charge is 0.0577 e. The van der Waals surface area contributed by atoms with Gasteiger partial charge in [0.15, 0.2) is 0 Å². The molecular formula is C27H48O4. The largest absolute Gasteiger partial charge is 0.396 e. The maximum absolute atomic E-state index is 11.4. The second kappa shape index (κ2) is 9.24. The van der Waals surface area contributed by atoms with Crippen LogP contribution in [0.4, 0.5) is 0 Å². The second-order valence-electron chi connectivity index (χ2n) is 12.6. The molecule has 180 valence electrons. The lowest BCUT2D eigenvalue weighted by Gasteiger charge is -2.62. The average molecular weight is 437 g/mol. The molecule has 4 rings (SSSR count). The third-order valence-corrected chi connectivity index (χ3v) is 11.2. The van der Waals surface area contributed by atoms with Gasteiger partial charge in [-0.3, -0.25) is 0 Å². The number of aliphatic hydroxyl groups is 4. The van der Waals surface area contributed by atoms with Crippen LogP contribution in [0.5, 0.6) is 0 Å². The summed E-state index contributed by atoms with van der Waals surface area (Å²) in [5.41, 5.74) is 0.643. The molecule has 4 heteroatoms. The number of hydrogen-bond acceptors (Lipinski definition) is 4. The molecule has 0 bridgehead atoms. The summed E-state index contributed by atoms with van der Waals surface area (Å²) in [5.74, 6) is 3.62. The molecule has 0 aliphatic heterocycles. The van der Waals surface area contributed by atoms with E-state index in [2.05, 4.69) is 20.8 Å². The van der Waals surface area contributed by atoms with Crippen LogP contribution in [-0.2, 0) is 0 Å². The second-order valence-corrected chi connectivity index (χ2v) is 12.6. The van der Waals surface area contributed by atoms with Gasteiger partial charge in [0.05, 0.1) is 12.2 Å². The fourth-order valence-electron chi connectivity index (χ4n) is 9.35. The minimum atomic E-state index is -0.193. The van der Waals surface area contributed by atoms with E-state index in [0.717, 1.165) is 44.4 Å². The summed E-state index contributed by atoms with van der Waals surface area (Å²) >= 11 is 0. The molecule has 0 radical (unpaired) electrons. The van der Waals surface area contributed by atoms with Crippen LogP contribution in [0.25, 0.3) is 0 Å². The van der Waals surface area contributed by atoms with Crippen molar-refractivity contribution >= 4 is 0 Å². The summed E-state index contributed by atoms with van der Waals surface area (Å²) in [6, 6.07) is 0. The SMILES string of the molecule is C[C@H](CCCC(CO)CO)[C@H]1CC[C@H]2[C@@H]3C(O)CC4CC(O)CC[C@]4(C)[C@H]3CC[C@]12C. The monoisotopic (exact) mass is 436 g/mol. The lowest BCUT2D eigenvalue weighted by Crippen LogP contribution is -2.58. The van der Waals surface area contributed by atoms with Gasteiger partial charge in [-0.25, -0.2) is 0 Å². The third-order valence-electron chi connectivity index (χ3n) is 11.2. The Labute approximate surface area is 189 Å². The van der Waals surface area contributed by atoms with E-state index < -0.39 is 0 Å². The van der Waals surface area contributed by atoms with Crippen molar-refractivity contribution in [2.45, 2.75) is 104 Å². The fourth-order valence-corrected chi connectivity index (χ4v) is 9.35. The van der Waals surface area contributed by atoms with Crippen molar-refractivity contribution in [2.75, 3.05) is 13.2 Å². The Morgan fingerprint density at radius 1 is 0.839 bits per heavy atom. The first kappa shape index (κ1) is 24.0. The highest BCUT2D eigenvalue weighted by Gasteiger charge is 2.62. The molecule has 4 aliphatic carbocycles. The Hall–Kier alpha value is -0.160. The molecule has 10 atom stereocenters. The first-order valence-electron chi connectivity index (χ1n) is 13.3. The maximum atomic E-state index is 11.4. The molecule has 0 heterocycles. The van der Waals surface area contributed by atoms with Gasteiger partial charge >= 0.3 is 0 Å². The van der Waals surface area contributed by atoms with Crippen LogP contribution in [0.1, 0.15) is 91.4 Å². The van der Waals surface area contributed by atoms with E-state index in [1.54, 1.807) is 0 Å². The summed E-state index contributed by atoms with van der Waals surface area (Å²) in [4.78, 5) is 0. The Morgan fingerprint density at radius 2 is 1.52 bits per heavy atom. The zero-order chi connectivity index (χ0) is 22.4. The number of aliphatic hydroxyl groups excluding tert-OH is 4. The Bertz CT molecular complexity index is 606. The molecular weight excluding hydrogens is 388 g/mol. The number of rotatable bonds is 7. The normalized spacial score (nSPS) is 48.2. The van der Waals surface area contributed by atoms with Gasteiger partial charge in [-0.2, -0.15) is 0 Å². The van der Waals surface area contributed by atoms with Crippen molar-refractivity contribution in [1.82, 2.24) is 0 Å². The van der Waals surface area contributed by atoms with Gasteiger partial charge in [0.25, 0.3) is 0 Å².